The van der Waals surface area contributed by atoms with Gasteiger partial charge in [-0.25, -0.2) is 8.42 Å². The van der Waals surface area contributed by atoms with E-state index in [0.29, 0.717) is 16.8 Å². The smallest absolute Gasteiger partial charge is 0.264 e. The minimum atomic E-state index is -4.09. The van der Waals surface area contributed by atoms with Crippen molar-refractivity contribution in [3.63, 3.8) is 0 Å². The Bertz CT molecular complexity index is 1280. The molecule has 0 saturated carbocycles. The lowest BCUT2D eigenvalue weighted by atomic mass is 9.88. The van der Waals surface area contributed by atoms with Crippen molar-refractivity contribution >= 4 is 21.5 Å². The summed E-state index contributed by atoms with van der Waals surface area (Å²) in [6.07, 6.45) is 0. The molecule has 0 amide bonds. The van der Waals surface area contributed by atoms with E-state index in [0.717, 1.165) is 4.31 Å². The third-order valence-electron chi connectivity index (χ3n) is 5.33. The SMILES string of the molecule is COc1cc(C2C(C#N)=C(N)OC3=C2S(=O)(=O)N(C)c2ccccc23)cc(OC)c1O. The van der Waals surface area contributed by atoms with Crippen molar-refractivity contribution in [3.8, 4) is 23.3 Å². The molecule has 0 bridgehead atoms. The maximum atomic E-state index is 13.5. The van der Waals surface area contributed by atoms with Gasteiger partial charge in [-0.1, -0.05) is 12.1 Å². The number of hydrogen-bond acceptors (Lipinski definition) is 8. The molecule has 10 heteroatoms. The van der Waals surface area contributed by atoms with Gasteiger partial charge in [0.05, 0.1) is 25.8 Å². The first-order valence-corrected chi connectivity index (χ1v) is 10.5. The number of rotatable bonds is 3. The highest BCUT2D eigenvalue weighted by Crippen LogP contribution is 2.52. The fourth-order valence-electron chi connectivity index (χ4n) is 3.81. The van der Waals surface area contributed by atoms with Crippen LogP contribution in [-0.4, -0.2) is 34.8 Å². The largest absolute Gasteiger partial charge is 0.502 e. The molecule has 2 aromatic rings. The third kappa shape index (κ3) is 2.85. The molecule has 0 aliphatic carbocycles. The Balaban J connectivity index is 2.09. The van der Waals surface area contributed by atoms with E-state index in [1.54, 1.807) is 24.3 Å². The summed E-state index contributed by atoms with van der Waals surface area (Å²) in [5.74, 6) is -1.38. The topological polar surface area (TPSA) is 135 Å². The van der Waals surface area contributed by atoms with Gasteiger partial charge >= 0.3 is 0 Å². The summed E-state index contributed by atoms with van der Waals surface area (Å²) in [7, 11) is 0.0474. The van der Waals surface area contributed by atoms with Gasteiger partial charge in [-0.15, -0.1) is 0 Å². The van der Waals surface area contributed by atoms with Crippen molar-refractivity contribution in [2.75, 3.05) is 25.6 Å². The van der Waals surface area contributed by atoms with E-state index in [2.05, 4.69) is 0 Å². The standard InChI is InChI=1S/C21H19N3O6S/c1-24-14-7-5-4-6-12(14)19-20(31(24,26)27)17(13(10-22)21(23)30-19)11-8-15(28-2)18(25)16(9-11)29-3/h4-9,17,25H,23H2,1-3H3. The lowest BCUT2D eigenvalue weighted by molar-refractivity contribution is 0.338. The Morgan fingerprint density at radius 1 is 1.19 bits per heavy atom. The second kappa shape index (κ2) is 7.14. The molecular weight excluding hydrogens is 422 g/mol. The minimum absolute atomic E-state index is 0.0563. The van der Waals surface area contributed by atoms with Crippen LogP contribution < -0.4 is 19.5 Å². The number of nitrogens with zero attached hydrogens (tertiary/aromatic N) is 2. The van der Waals surface area contributed by atoms with Gasteiger partial charge in [-0.3, -0.25) is 4.31 Å². The van der Waals surface area contributed by atoms with Crippen molar-refractivity contribution in [1.29, 1.82) is 5.26 Å². The molecule has 1 unspecified atom stereocenters. The molecule has 0 spiro atoms. The molecule has 2 aromatic carbocycles. The average molecular weight is 441 g/mol. The maximum Gasteiger partial charge on any atom is 0.264 e. The van der Waals surface area contributed by atoms with E-state index >= 15 is 0 Å². The Hall–Kier alpha value is -3.84. The van der Waals surface area contributed by atoms with E-state index in [4.69, 9.17) is 19.9 Å². The van der Waals surface area contributed by atoms with E-state index in [1.807, 2.05) is 6.07 Å². The first-order valence-electron chi connectivity index (χ1n) is 9.11. The number of phenolic OH excluding ortho intramolecular Hbond substituents is 1. The van der Waals surface area contributed by atoms with Gasteiger partial charge in [0.1, 0.15) is 16.5 Å². The van der Waals surface area contributed by atoms with Gasteiger partial charge in [0.2, 0.25) is 11.6 Å². The number of nitrogens with two attached hydrogens (primary N) is 1. The second-order valence-corrected chi connectivity index (χ2v) is 8.82. The normalized spacial score (nSPS) is 19.2. The van der Waals surface area contributed by atoms with Gasteiger partial charge in [-0.2, -0.15) is 5.26 Å². The molecule has 160 valence electrons. The number of nitriles is 1. The van der Waals surface area contributed by atoms with Crippen molar-refractivity contribution in [2.45, 2.75) is 5.92 Å². The van der Waals surface area contributed by atoms with Crippen LogP contribution in [0.25, 0.3) is 5.76 Å². The molecule has 0 fully saturated rings. The maximum absolute atomic E-state index is 13.5. The number of phenols is 1. The second-order valence-electron chi connectivity index (χ2n) is 6.88. The van der Waals surface area contributed by atoms with Gasteiger partial charge < -0.3 is 25.1 Å². The molecule has 4 rings (SSSR count). The van der Waals surface area contributed by atoms with E-state index in [9.17, 15) is 18.8 Å². The number of fused-ring (bicyclic) bond motifs is 2. The molecule has 2 heterocycles. The number of sulfonamides is 1. The Labute approximate surface area is 179 Å². The number of aromatic hydroxyl groups is 1. The summed E-state index contributed by atoms with van der Waals surface area (Å²) in [5, 5.41) is 20.1. The summed E-state index contributed by atoms with van der Waals surface area (Å²) in [6.45, 7) is 0. The molecule has 0 saturated heterocycles. The lowest BCUT2D eigenvalue weighted by Crippen LogP contribution is -2.37. The number of hydrogen-bond donors (Lipinski definition) is 2. The molecule has 2 aliphatic rings. The molecule has 3 N–H and O–H groups in total. The van der Waals surface area contributed by atoms with Crippen molar-refractivity contribution in [2.24, 2.45) is 5.73 Å². The summed E-state index contributed by atoms with van der Waals surface area (Å²) < 4.78 is 44.3. The molecule has 0 aromatic heterocycles. The fraction of sp³-hybridized carbons (Fsp3) is 0.190. The van der Waals surface area contributed by atoms with Gasteiger partial charge in [0.25, 0.3) is 10.0 Å². The van der Waals surface area contributed by atoms with Crippen molar-refractivity contribution < 1.29 is 27.7 Å². The van der Waals surface area contributed by atoms with Crippen molar-refractivity contribution in [3.05, 3.63) is 63.9 Å². The van der Waals surface area contributed by atoms with Gasteiger partial charge in [0.15, 0.2) is 17.3 Å². The molecule has 1 atom stereocenters. The summed E-state index contributed by atoms with van der Waals surface area (Å²) in [6, 6.07) is 11.7. The van der Waals surface area contributed by atoms with Gasteiger partial charge in [-0.05, 0) is 29.8 Å². The molecule has 9 nitrogen and oxygen atoms in total. The minimum Gasteiger partial charge on any atom is -0.502 e. The van der Waals surface area contributed by atoms with E-state index < -0.39 is 15.9 Å². The lowest BCUT2D eigenvalue weighted by Gasteiger charge is -2.36. The Morgan fingerprint density at radius 3 is 2.39 bits per heavy atom. The zero-order valence-corrected chi connectivity index (χ0v) is 17.7. The molecule has 0 radical (unpaired) electrons. The predicted octanol–water partition coefficient (Wildman–Crippen LogP) is 2.37. The van der Waals surface area contributed by atoms with Crippen LogP contribution in [0.2, 0.25) is 0 Å². The highest BCUT2D eigenvalue weighted by atomic mass is 32.2. The summed E-state index contributed by atoms with van der Waals surface area (Å²) in [5.41, 5.74) is 7.26. The van der Waals surface area contributed by atoms with Crippen LogP contribution in [0, 0.1) is 11.3 Å². The van der Waals surface area contributed by atoms with E-state index in [1.165, 1.54) is 33.4 Å². The zero-order chi connectivity index (χ0) is 22.5. The third-order valence-corrected chi connectivity index (χ3v) is 7.23. The van der Waals surface area contributed by atoms with Crippen LogP contribution in [-0.2, 0) is 14.8 Å². The average Bonchev–Trinajstić information content (AvgIpc) is 2.77. The Kier molecular flexibility index (Phi) is 4.71. The molecule has 2 aliphatic heterocycles. The summed E-state index contributed by atoms with van der Waals surface area (Å²) >= 11 is 0. The van der Waals surface area contributed by atoms with Crippen LogP contribution in [0.5, 0.6) is 17.2 Å². The fourth-order valence-corrected chi connectivity index (χ4v) is 5.46. The van der Waals surface area contributed by atoms with Crippen molar-refractivity contribution in [1.82, 2.24) is 0 Å². The Morgan fingerprint density at radius 2 is 1.81 bits per heavy atom. The number of allylic oxidation sites excluding steroid dienone is 2. The first kappa shape index (κ1) is 20.4. The summed E-state index contributed by atoms with van der Waals surface area (Å²) in [4.78, 5) is -0.130. The highest BCUT2D eigenvalue weighted by molar-refractivity contribution is 7.96. The quantitative estimate of drug-likeness (QED) is 0.741. The highest BCUT2D eigenvalue weighted by Gasteiger charge is 2.46. The number of anilines is 1. The molecular formula is C21H19N3O6S. The number of methoxy groups -OCH3 is 2. The van der Waals surface area contributed by atoms with E-state index in [-0.39, 0.29) is 39.4 Å². The van der Waals surface area contributed by atoms with Crippen LogP contribution in [0.15, 0.2) is 52.8 Å². The monoisotopic (exact) mass is 441 g/mol. The number of benzene rings is 2. The van der Waals surface area contributed by atoms with Gasteiger partial charge in [0, 0.05) is 12.6 Å². The van der Waals surface area contributed by atoms with Crippen LogP contribution >= 0.6 is 0 Å². The predicted molar refractivity (Wildman–Crippen MR) is 113 cm³/mol. The zero-order valence-electron chi connectivity index (χ0n) is 16.9. The van der Waals surface area contributed by atoms with Crippen LogP contribution in [0.1, 0.15) is 17.0 Å². The number of para-hydroxylation sites is 1. The van der Waals surface area contributed by atoms with Crippen LogP contribution in [0.3, 0.4) is 0 Å². The van der Waals surface area contributed by atoms with Crippen LogP contribution in [0.4, 0.5) is 5.69 Å². The first-order chi connectivity index (χ1) is 14.8. The molecule has 31 heavy (non-hydrogen) atoms. The number of ether oxygens (including phenoxy) is 3.